The quantitative estimate of drug-likeness (QED) is 0.741. The summed E-state index contributed by atoms with van der Waals surface area (Å²) >= 11 is 0. The summed E-state index contributed by atoms with van der Waals surface area (Å²) in [7, 11) is 4.68. The Labute approximate surface area is 189 Å². The van der Waals surface area contributed by atoms with Crippen LogP contribution >= 0.6 is 0 Å². The van der Waals surface area contributed by atoms with Gasteiger partial charge in [0.2, 0.25) is 11.7 Å². The zero-order valence-corrected chi connectivity index (χ0v) is 19.9. The number of morpholine rings is 1. The zero-order chi connectivity index (χ0) is 23.5. The number of amides is 3. The first-order chi connectivity index (χ1) is 15.2. The van der Waals surface area contributed by atoms with Gasteiger partial charge in [-0.25, -0.2) is 4.79 Å². The molecule has 2 atom stereocenters. The molecule has 0 radical (unpaired) electrons. The van der Waals surface area contributed by atoms with E-state index in [1.165, 1.54) is 0 Å². The van der Waals surface area contributed by atoms with Gasteiger partial charge in [0.05, 0.1) is 40.5 Å². The molecule has 2 aliphatic rings. The van der Waals surface area contributed by atoms with Crippen molar-refractivity contribution in [2.24, 2.45) is 5.92 Å². The first-order valence-corrected chi connectivity index (χ1v) is 10.9. The SMILES string of the molecule is COc1cc([C@@H]2CN(C(=O)NC(C)(C)C)C[C@@H]2C(=O)N2CCOCC2)cc(OC)c1OC. The van der Waals surface area contributed by atoms with E-state index in [0.717, 1.165) is 5.56 Å². The minimum Gasteiger partial charge on any atom is -0.493 e. The predicted octanol–water partition coefficient (Wildman–Crippen LogP) is 2.09. The van der Waals surface area contributed by atoms with E-state index in [0.29, 0.717) is 56.6 Å². The van der Waals surface area contributed by atoms with E-state index < -0.39 is 0 Å². The van der Waals surface area contributed by atoms with Crippen molar-refractivity contribution in [3.63, 3.8) is 0 Å². The first-order valence-electron chi connectivity index (χ1n) is 10.9. The molecule has 2 fully saturated rings. The summed E-state index contributed by atoms with van der Waals surface area (Å²) in [6, 6.07) is 3.57. The van der Waals surface area contributed by atoms with Gasteiger partial charge in [0.1, 0.15) is 0 Å². The van der Waals surface area contributed by atoms with E-state index in [-0.39, 0.29) is 29.3 Å². The molecule has 0 aromatic heterocycles. The second-order valence-corrected chi connectivity index (χ2v) is 9.19. The summed E-state index contributed by atoms with van der Waals surface area (Å²) in [4.78, 5) is 30.0. The Bertz CT molecular complexity index is 807. The van der Waals surface area contributed by atoms with Crippen LogP contribution in [0.1, 0.15) is 32.3 Å². The van der Waals surface area contributed by atoms with Gasteiger partial charge < -0.3 is 34.1 Å². The molecule has 0 bridgehead atoms. The average molecular weight is 450 g/mol. The summed E-state index contributed by atoms with van der Waals surface area (Å²) in [5.74, 6) is 1.01. The average Bonchev–Trinajstić information content (AvgIpc) is 3.22. The molecule has 9 nitrogen and oxygen atoms in total. The standard InChI is InChI=1S/C23H35N3O6/c1-23(2,3)24-22(28)26-13-16(17(14-26)21(27)25-7-9-32-10-8-25)15-11-18(29-4)20(31-6)19(12-15)30-5/h11-12,16-17H,7-10,13-14H2,1-6H3,(H,24,28)/t16-,17-/m0/s1. The van der Waals surface area contributed by atoms with Crippen molar-refractivity contribution in [2.75, 3.05) is 60.7 Å². The van der Waals surface area contributed by atoms with Crippen molar-refractivity contribution in [3.05, 3.63) is 17.7 Å². The summed E-state index contributed by atoms with van der Waals surface area (Å²) in [6.07, 6.45) is 0. The van der Waals surface area contributed by atoms with E-state index in [9.17, 15) is 9.59 Å². The first kappa shape index (κ1) is 24.0. The molecule has 0 unspecified atom stereocenters. The second-order valence-electron chi connectivity index (χ2n) is 9.19. The van der Waals surface area contributed by atoms with Crippen LogP contribution < -0.4 is 19.5 Å². The summed E-state index contributed by atoms with van der Waals surface area (Å²) in [5, 5.41) is 3.01. The van der Waals surface area contributed by atoms with Gasteiger partial charge in [0, 0.05) is 37.6 Å². The van der Waals surface area contributed by atoms with Crippen molar-refractivity contribution < 1.29 is 28.5 Å². The van der Waals surface area contributed by atoms with Crippen LogP contribution in [-0.4, -0.2) is 88.0 Å². The van der Waals surface area contributed by atoms with Crippen molar-refractivity contribution in [1.82, 2.24) is 15.1 Å². The third-order valence-electron chi connectivity index (χ3n) is 5.84. The molecule has 32 heavy (non-hydrogen) atoms. The number of nitrogens with zero attached hydrogens (tertiary/aromatic N) is 2. The summed E-state index contributed by atoms with van der Waals surface area (Å²) < 4.78 is 21.9. The molecule has 1 aromatic carbocycles. The number of benzene rings is 1. The van der Waals surface area contributed by atoms with Gasteiger partial charge in [-0.05, 0) is 38.5 Å². The van der Waals surface area contributed by atoms with Crippen molar-refractivity contribution in [1.29, 1.82) is 0 Å². The highest BCUT2D eigenvalue weighted by molar-refractivity contribution is 5.83. The molecule has 178 valence electrons. The molecule has 9 heteroatoms. The maximum Gasteiger partial charge on any atom is 0.317 e. The number of urea groups is 1. The third-order valence-corrected chi connectivity index (χ3v) is 5.84. The van der Waals surface area contributed by atoms with Gasteiger partial charge in [0.15, 0.2) is 11.5 Å². The summed E-state index contributed by atoms with van der Waals surface area (Å²) in [5.41, 5.74) is 0.503. The number of rotatable bonds is 5. The summed E-state index contributed by atoms with van der Waals surface area (Å²) in [6.45, 7) is 8.76. The molecular formula is C23H35N3O6. The van der Waals surface area contributed by atoms with Crippen LogP contribution in [0.3, 0.4) is 0 Å². The van der Waals surface area contributed by atoms with Crippen molar-refractivity contribution in [3.8, 4) is 17.2 Å². The lowest BCUT2D eigenvalue weighted by atomic mass is 9.87. The Morgan fingerprint density at radius 1 is 0.969 bits per heavy atom. The second kappa shape index (κ2) is 9.85. The monoisotopic (exact) mass is 449 g/mol. The normalized spacial score (nSPS) is 21.3. The third kappa shape index (κ3) is 5.20. The van der Waals surface area contributed by atoms with Gasteiger partial charge in [-0.15, -0.1) is 0 Å². The fourth-order valence-electron chi connectivity index (χ4n) is 4.29. The Balaban J connectivity index is 1.95. The lowest BCUT2D eigenvalue weighted by molar-refractivity contribution is -0.139. The molecule has 3 rings (SSSR count). The minimum atomic E-state index is -0.373. The highest BCUT2D eigenvalue weighted by Gasteiger charge is 2.43. The zero-order valence-electron chi connectivity index (χ0n) is 19.9. The van der Waals surface area contributed by atoms with Crippen LogP contribution in [0.15, 0.2) is 12.1 Å². The van der Waals surface area contributed by atoms with Crippen LogP contribution in [0.4, 0.5) is 4.79 Å². The number of carbonyl (C=O) groups excluding carboxylic acids is 2. The Hall–Kier alpha value is -2.68. The van der Waals surface area contributed by atoms with Gasteiger partial charge in [0.25, 0.3) is 0 Å². The number of methoxy groups -OCH3 is 3. The molecule has 0 saturated carbocycles. The van der Waals surface area contributed by atoms with E-state index in [1.54, 1.807) is 26.2 Å². The van der Waals surface area contributed by atoms with Gasteiger partial charge in [-0.1, -0.05) is 0 Å². The van der Waals surface area contributed by atoms with Crippen LogP contribution in [0.2, 0.25) is 0 Å². The predicted molar refractivity (Wildman–Crippen MR) is 120 cm³/mol. The largest absolute Gasteiger partial charge is 0.493 e. The lowest BCUT2D eigenvalue weighted by Gasteiger charge is -2.31. The highest BCUT2D eigenvalue weighted by atomic mass is 16.5. The fourth-order valence-corrected chi connectivity index (χ4v) is 4.29. The Kier molecular flexibility index (Phi) is 7.38. The van der Waals surface area contributed by atoms with E-state index >= 15 is 0 Å². The maximum absolute atomic E-state index is 13.5. The fraction of sp³-hybridized carbons (Fsp3) is 0.652. The number of nitrogens with one attached hydrogen (secondary N) is 1. The molecular weight excluding hydrogens is 414 g/mol. The topological polar surface area (TPSA) is 89.6 Å². The number of ether oxygens (including phenoxy) is 4. The van der Waals surface area contributed by atoms with Crippen LogP contribution in [0, 0.1) is 5.92 Å². The number of hydrogen-bond acceptors (Lipinski definition) is 6. The lowest BCUT2D eigenvalue weighted by Crippen LogP contribution is -2.48. The molecule has 2 heterocycles. The van der Waals surface area contributed by atoms with Crippen LogP contribution in [0.5, 0.6) is 17.2 Å². The molecule has 0 aliphatic carbocycles. The molecule has 3 amide bonds. The van der Waals surface area contributed by atoms with Crippen LogP contribution in [0.25, 0.3) is 0 Å². The maximum atomic E-state index is 13.5. The molecule has 1 N–H and O–H groups in total. The van der Waals surface area contributed by atoms with Gasteiger partial charge in [-0.3, -0.25) is 4.79 Å². The van der Waals surface area contributed by atoms with Gasteiger partial charge >= 0.3 is 6.03 Å². The van der Waals surface area contributed by atoms with Crippen LogP contribution in [-0.2, 0) is 9.53 Å². The molecule has 0 spiro atoms. The molecule has 2 aliphatic heterocycles. The van der Waals surface area contributed by atoms with Gasteiger partial charge in [-0.2, -0.15) is 0 Å². The number of likely N-dealkylation sites (tertiary alicyclic amines) is 1. The smallest absolute Gasteiger partial charge is 0.317 e. The Morgan fingerprint density at radius 2 is 1.56 bits per heavy atom. The minimum absolute atomic E-state index is 0.0399. The molecule has 2 saturated heterocycles. The van der Waals surface area contributed by atoms with Crippen molar-refractivity contribution in [2.45, 2.75) is 32.2 Å². The highest BCUT2D eigenvalue weighted by Crippen LogP contribution is 2.43. The Morgan fingerprint density at radius 3 is 2.06 bits per heavy atom. The number of hydrogen-bond donors (Lipinski definition) is 1. The van der Waals surface area contributed by atoms with E-state index in [2.05, 4.69) is 5.32 Å². The number of carbonyl (C=O) groups is 2. The van der Waals surface area contributed by atoms with Crippen molar-refractivity contribution >= 4 is 11.9 Å². The van der Waals surface area contributed by atoms with E-state index in [1.807, 2.05) is 37.8 Å². The van der Waals surface area contributed by atoms with E-state index in [4.69, 9.17) is 18.9 Å². The molecule has 1 aromatic rings.